The summed E-state index contributed by atoms with van der Waals surface area (Å²) in [7, 11) is 1.52. The molecule has 0 spiro atoms. The van der Waals surface area contributed by atoms with Gasteiger partial charge in [0, 0.05) is 30.7 Å². The summed E-state index contributed by atoms with van der Waals surface area (Å²) < 4.78 is 6.05. The Labute approximate surface area is 195 Å². The number of anilines is 2. The molecular formula is C21H24BrClN4O2S. The number of hydrogen-bond donors (Lipinski definition) is 2. The van der Waals surface area contributed by atoms with Crippen LogP contribution >= 0.6 is 39.7 Å². The van der Waals surface area contributed by atoms with Gasteiger partial charge in [-0.2, -0.15) is 0 Å². The van der Waals surface area contributed by atoms with E-state index < -0.39 is 0 Å². The molecule has 0 aromatic heterocycles. The molecule has 2 aromatic carbocycles. The number of ether oxygens (including phenoxy) is 1. The molecule has 1 fully saturated rings. The first kappa shape index (κ1) is 22.8. The molecule has 0 saturated carbocycles. The number of amides is 1. The van der Waals surface area contributed by atoms with E-state index in [0.29, 0.717) is 16.3 Å². The van der Waals surface area contributed by atoms with Gasteiger partial charge in [-0.25, -0.2) is 0 Å². The van der Waals surface area contributed by atoms with Crippen molar-refractivity contribution in [3.05, 3.63) is 51.5 Å². The van der Waals surface area contributed by atoms with Gasteiger partial charge in [-0.05, 0) is 49.1 Å². The van der Waals surface area contributed by atoms with E-state index in [4.69, 9.17) is 28.6 Å². The maximum Gasteiger partial charge on any atom is 0.261 e. The molecule has 1 saturated heterocycles. The number of carbonyl (C=O) groups excluding carboxylic acids is 1. The third-order valence-corrected chi connectivity index (χ3v) is 6.01. The lowest BCUT2D eigenvalue weighted by Gasteiger charge is -2.37. The summed E-state index contributed by atoms with van der Waals surface area (Å²) in [6, 6.07) is 10.9. The number of thiocarbonyl (C=S) groups is 1. The van der Waals surface area contributed by atoms with E-state index in [1.807, 2.05) is 24.3 Å². The van der Waals surface area contributed by atoms with Crippen molar-refractivity contribution in [1.82, 2.24) is 10.2 Å². The second-order valence-electron chi connectivity index (χ2n) is 6.81. The molecule has 0 atom stereocenters. The number of rotatable bonds is 5. The molecule has 0 aliphatic carbocycles. The van der Waals surface area contributed by atoms with Crippen molar-refractivity contribution in [3.63, 3.8) is 0 Å². The summed E-state index contributed by atoms with van der Waals surface area (Å²) in [6.07, 6.45) is 0. The minimum absolute atomic E-state index is 0.192. The van der Waals surface area contributed by atoms with Gasteiger partial charge in [0.15, 0.2) is 5.11 Å². The minimum atomic E-state index is -0.356. The molecule has 30 heavy (non-hydrogen) atoms. The van der Waals surface area contributed by atoms with E-state index in [2.05, 4.69) is 43.3 Å². The Kier molecular flexibility index (Phi) is 7.93. The zero-order chi connectivity index (χ0) is 21.7. The first-order valence-electron chi connectivity index (χ1n) is 9.64. The average Bonchev–Trinajstić information content (AvgIpc) is 2.74. The predicted molar refractivity (Wildman–Crippen MR) is 130 cm³/mol. The van der Waals surface area contributed by atoms with E-state index in [9.17, 15) is 4.79 Å². The van der Waals surface area contributed by atoms with Crippen molar-refractivity contribution in [1.29, 1.82) is 0 Å². The zero-order valence-corrected chi connectivity index (χ0v) is 20.0. The zero-order valence-electron chi connectivity index (χ0n) is 16.9. The highest BCUT2D eigenvalue weighted by Gasteiger charge is 2.21. The lowest BCUT2D eigenvalue weighted by atomic mass is 10.2. The normalized spacial score (nSPS) is 14.3. The summed E-state index contributed by atoms with van der Waals surface area (Å²) in [5.74, 6) is 0.113. The number of piperazine rings is 1. The predicted octanol–water partition coefficient (Wildman–Crippen LogP) is 4.38. The van der Waals surface area contributed by atoms with Crippen LogP contribution in [0.15, 0.2) is 40.9 Å². The number of para-hydroxylation sites is 1. The third-order valence-electron chi connectivity index (χ3n) is 5.00. The Morgan fingerprint density at radius 2 is 1.97 bits per heavy atom. The lowest BCUT2D eigenvalue weighted by molar-refractivity contribution is 0.0974. The largest absolute Gasteiger partial charge is 0.496 e. The van der Waals surface area contributed by atoms with E-state index >= 15 is 0 Å². The summed E-state index contributed by atoms with van der Waals surface area (Å²) in [5, 5.41) is 6.70. The molecule has 2 aromatic rings. The van der Waals surface area contributed by atoms with Crippen molar-refractivity contribution in [2.24, 2.45) is 0 Å². The number of nitrogens with zero attached hydrogens (tertiary/aromatic N) is 2. The second kappa shape index (κ2) is 10.4. The Morgan fingerprint density at radius 1 is 1.23 bits per heavy atom. The van der Waals surface area contributed by atoms with Gasteiger partial charge in [-0.15, -0.1) is 0 Å². The molecule has 1 aliphatic rings. The molecule has 1 heterocycles. The molecule has 0 bridgehead atoms. The molecule has 6 nitrogen and oxygen atoms in total. The fourth-order valence-corrected chi connectivity index (χ4v) is 4.26. The number of nitrogens with one attached hydrogen (secondary N) is 2. The van der Waals surface area contributed by atoms with Crippen LogP contribution in [0.25, 0.3) is 0 Å². The molecule has 0 radical (unpaired) electrons. The Morgan fingerprint density at radius 3 is 2.63 bits per heavy atom. The fraction of sp³-hybridized carbons (Fsp3) is 0.333. The smallest absolute Gasteiger partial charge is 0.261 e. The molecular weight excluding hydrogens is 488 g/mol. The molecule has 3 rings (SSSR count). The number of hydrogen-bond acceptors (Lipinski definition) is 5. The maximum absolute atomic E-state index is 12.7. The molecule has 9 heteroatoms. The summed E-state index contributed by atoms with van der Waals surface area (Å²) in [5.41, 5.74) is 2.04. The highest BCUT2D eigenvalue weighted by Crippen LogP contribution is 2.34. The summed E-state index contributed by atoms with van der Waals surface area (Å²) >= 11 is 15.3. The van der Waals surface area contributed by atoms with E-state index in [-0.39, 0.29) is 11.0 Å². The summed E-state index contributed by atoms with van der Waals surface area (Å²) in [6.45, 7) is 6.91. The molecule has 2 N–H and O–H groups in total. The van der Waals surface area contributed by atoms with Gasteiger partial charge in [0.2, 0.25) is 0 Å². The van der Waals surface area contributed by atoms with Gasteiger partial charge in [0.25, 0.3) is 5.91 Å². The highest BCUT2D eigenvalue weighted by atomic mass is 79.9. The van der Waals surface area contributed by atoms with Gasteiger partial charge in [0.1, 0.15) is 5.75 Å². The van der Waals surface area contributed by atoms with Crippen LogP contribution < -0.4 is 20.3 Å². The maximum atomic E-state index is 12.7. The SMILES string of the molecule is CCN1CCN(c2c(Cl)cccc2NC(=S)NC(=O)c2cc(Br)ccc2OC)CC1. The highest BCUT2D eigenvalue weighted by molar-refractivity contribution is 9.10. The quantitative estimate of drug-likeness (QED) is 0.581. The van der Waals surface area contributed by atoms with Crippen LogP contribution in [0.4, 0.5) is 11.4 Å². The Bertz CT molecular complexity index is 935. The number of likely N-dealkylation sites (N-methyl/N-ethyl adjacent to an activating group) is 1. The monoisotopic (exact) mass is 510 g/mol. The lowest BCUT2D eigenvalue weighted by Crippen LogP contribution is -2.46. The van der Waals surface area contributed by atoms with Crippen molar-refractivity contribution in [2.45, 2.75) is 6.92 Å². The molecule has 0 unspecified atom stereocenters. The van der Waals surface area contributed by atoms with Gasteiger partial charge in [0.05, 0.1) is 29.1 Å². The van der Waals surface area contributed by atoms with Gasteiger partial charge in [-0.1, -0.05) is 40.5 Å². The van der Waals surface area contributed by atoms with Crippen LogP contribution in [-0.2, 0) is 0 Å². The van der Waals surface area contributed by atoms with Crippen LogP contribution in [0.3, 0.4) is 0 Å². The fourth-order valence-electron chi connectivity index (χ4n) is 3.41. The number of carbonyl (C=O) groups is 1. The third kappa shape index (κ3) is 5.43. The van der Waals surface area contributed by atoms with Crippen LogP contribution in [-0.4, -0.2) is 55.8 Å². The Hall–Kier alpha value is -1.87. The second-order valence-corrected chi connectivity index (χ2v) is 8.54. The minimum Gasteiger partial charge on any atom is -0.496 e. The number of benzene rings is 2. The van der Waals surface area contributed by atoms with Gasteiger partial charge < -0.3 is 19.9 Å². The van der Waals surface area contributed by atoms with Crippen LogP contribution in [0.5, 0.6) is 5.75 Å². The van der Waals surface area contributed by atoms with E-state index in [1.54, 1.807) is 12.1 Å². The van der Waals surface area contributed by atoms with E-state index in [1.165, 1.54) is 7.11 Å². The number of methoxy groups -OCH3 is 1. The molecule has 160 valence electrons. The van der Waals surface area contributed by atoms with Crippen molar-refractivity contribution >= 4 is 62.1 Å². The first-order chi connectivity index (χ1) is 14.4. The molecule has 1 aliphatic heterocycles. The standard InChI is InChI=1S/C21H24BrClN4O2S/c1-3-26-9-11-27(12-10-26)19-16(23)5-4-6-17(19)24-21(30)25-20(28)15-13-14(22)7-8-18(15)29-2/h4-8,13H,3,9-12H2,1-2H3,(H2,24,25,28,30). The summed E-state index contributed by atoms with van der Waals surface area (Å²) in [4.78, 5) is 17.4. The van der Waals surface area contributed by atoms with Crippen LogP contribution in [0.2, 0.25) is 5.02 Å². The van der Waals surface area contributed by atoms with Gasteiger partial charge >= 0.3 is 0 Å². The van der Waals surface area contributed by atoms with Crippen LogP contribution in [0.1, 0.15) is 17.3 Å². The number of halogens is 2. The van der Waals surface area contributed by atoms with Crippen molar-refractivity contribution < 1.29 is 9.53 Å². The van der Waals surface area contributed by atoms with Crippen LogP contribution in [0, 0.1) is 0 Å². The van der Waals surface area contributed by atoms with Gasteiger partial charge in [-0.3, -0.25) is 10.1 Å². The van der Waals surface area contributed by atoms with Crippen molar-refractivity contribution in [3.8, 4) is 5.75 Å². The topological polar surface area (TPSA) is 56.8 Å². The average molecular weight is 512 g/mol. The first-order valence-corrected chi connectivity index (χ1v) is 11.2. The van der Waals surface area contributed by atoms with Crippen molar-refractivity contribution in [2.75, 3.05) is 50.1 Å². The molecule has 1 amide bonds. The van der Waals surface area contributed by atoms with E-state index in [0.717, 1.165) is 48.6 Å². The Balaban J connectivity index is 1.74.